The van der Waals surface area contributed by atoms with Gasteiger partial charge in [-0.2, -0.15) is 0 Å². The van der Waals surface area contributed by atoms with Crippen LogP contribution in [-0.4, -0.2) is 77.2 Å². The van der Waals surface area contributed by atoms with Crippen LogP contribution in [0.25, 0.3) is 0 Å². The number of nitrogens with one attached hydrogen (secondary N) is 1. The zero-order chi connectivity index (χ0) is 18.3. The lowest BCUT2D eigenvalue weighted by Gasteiger charge is -2.34. The maximum absolute atomic E-state index is 12.2. The summed E-state index contributed by atoms with van der Waals surface area (Å²) in [4.78, 5) is 16.4. The highest BCUT2D eigenvalue weighted by atomic mass is 32.2. The van der Waals surface area contributed by atoms with Crippen LogP contribution in [0.2, 0.25) is 0 Å². The second-order valence-electron chi connectivity index (χ2n) is 5.99. The van der Waals surface area contributed by atoms with Gasteiger partial charge in [-0.05, 0) is 24.1 Å². The van der Waals surface area contributed by atoms with Gasteiger partial charge in [0.25, 0.3) is 0 Å². The summed E-state index contributed by atoms with van der Waals surface area (Å²) in [7, 11) is -1.98. The quantitative estimate of drug-likeness (QED) is 0.694. The van der Waals surface area contributed by atoms with E-state index in [0.717, 1.165) is 25.2 Å². The number of benzene rings is 1. The molecular formula is C16H26N4O4S. The van der Waals surface area contributed by atoms with Crippen molar-refractivity contribution in [3.05, 3.63) is 29.8 Å². The Hall–Kier alpha value is -1.68. The van der Waals surface area contributed by atoms with Gasteiger partial charge in [-0.3, -0.25) is 4.90 Å². The summed E-state index contributed by atoms with van der Waals surface area (Å²) >= 11 is 0. The maximum atomic E-state index is 12.2. The number of hydrogen-bond donors (Lipinski definition) is 2. The van der Waals surface area contributed by atoms with Gasteiger partial charge in [-0.1, -0.05) is 12.1 Å². The van der Waals surface area contributed by atoms with Gasteiger partial charge in [0.15, 0.2) is 0 Å². The normalized spacial score (nSPS) is 16.0. The summed E-state index contributed by atoms with van der Waals surface area (Å²) in [5.41, 5.74) is 0.942. The van der Waals surface area contributed by atoms with Crippen LogP contribution in [0.3, 0.4) is 0 Å². The third-order valence-corrected chi connectivity index (χ3v) is 5.14. The molecule has 1 aromatic carbocycles. The first-order valence-electron chi connectivity index (χ1n) is 8.26. The van der Waals surface area contributed by atoms with Crippen molar-refractivity contribution in [1.29, 1.82) is 0 Å². The SMILES string of the molecule is COCCN1CCN(C(=O)NCCc2ccc(S(N)(=O)=O)cc2)CC1. The number of ether oxygens (including phenoxy) is 1. The van der Waals surface area contributed by atoms with Crippen molar-refractivity contribution in [2.75, 3.05) is 53.0 Å². The van der Waals surface area contributed by atoms with Crippen molar-refractivity contribution in [3.8, 4) is 0 Å². The Labute approximate surface area is 149 Å². The Morgan fingerprint density at radius 2 is 1.84 bits per heavy atom. The number of primary sulfonamides is 1. The first kappa shape index (κ1) is 19.6. The fraction of sp³-hybridized carbons (Fsp3) is 0.562. The smallest absolute Gasteiger partial charge is 0.317 e. The van der Waals surface area contributed by atoms with Crippen molar-refractivity contribution >= 4 is 16.1 Å². The number of nitrogens with zero attached hydrogens (tertiary/aromatic N) is 2. The predicted molar refractivity (Wildman–Crippen MR) is 94.8 cm³/mol. The van der Waals surface area contributed by atoms with E-state index >= 15 is 0 Å². The molecule has 1 aliphatic heterocycles. The number of urea groups is 1. The molecule has 1 aliphatic rings. The molecule has 140 valence electrons. The molecule has 0 radical (unpaired) electrons. The van der Waals surface area contributed by atoms with Crippen molar-refractivity contribution in [2.24, 2.45) is 5.14 Å². The Kier molecular flexibility index (Phi) is 7.18. The van der Waals surface area contributed by atoms with E-state index in [9.17, 15) is 13.2 Å². The van der Waals surface area contributed by atoms with E-state index in [1.165, 1.54) is 12.1 Å². The standard InChI is InChI=1S/C16H26N4O4S/c1-24-13-12-19-8-10-20(11-9-19)16(21)18-7-6-14-2-4-15(5-3-14)25(17,22)23/h2-5H,6-13H2,1H3,(H,18,21)(H2,17,22,23). The molecule has 0 bridgehead atoms. The van der Waals surface area contributed by atoms with Gasteiger partial charge >= 0.3 is 6.03 Å². The van der Waals surface area contributed by atoms with E-state index in [2.05, 4.69) is 10.2 Å². The summed E-state index contributed by atoms with van der Waals surface area (Å²) in [6.45, 7) is 5.21. The molecule has 0 atom stereocenters. The lowest BCUT2D eigenvalue weighted by molar-refractivity contribution is 0.106. The summed E-state index contributed by atoms with van der Waals surface area (Å²) in [5.74, 6) is 0. The Morgan fingerprint density at radius 3 is 2.40 bits per heavy atom. The molecule has 0 aromatic heterocycles. The van der Waals surface area contributed by atoms with Crippen molar-refractivity contribution in [2.45, 2.75) is 11.3 Å². The molecule has 0 unspecified atom stereocenters. The van der Waals surface area contributed by atoms with Crippen LogP contribution < -0.4 is 10.5 Å². The molecule has 0 spiro atoms. The van der Waals surface area contributed by atoms with Gasteiger partial charge in [0.1, 0.15) is 0 Å². The Morgan fingerprint density at radius 1 is 1.20 bits per heavy atom. The number of amides is 2. The largest absolute Gasteiger partial charge is 0.383 e. The van der Waals surface area contributed by atoms with Gasteiger partial charge < -0.3 is 15.0 Å². The molecule has 8 nitrogen and oxygen atoms in total. The topological polar surface area (TPSA) is 105 Å². The van der Waals surface area contributed by atoms with E-state index in [0.29, 0.717) is 32.7 Å². The molecule has 2 amide bonds. The van der Waals surface area contributed by atoms with Crippen LogP contribution in [0, 0.1) is 0 Å². The van der Waals surface area contributed by atoms with Gasteiger partial charge in [0.05, 0.1) is 11.5 Å². The molecule has 0 aliphatic carbocycles. The van der Waals surface area contributed by atoms with Crippen molar-refractivity contribution in [3.63, 3.8) is 0 Å². The minimum atomic E-state index is -3.67. The average Bonchev–Trinajstić information content (AvgIpc) is 2.60. The second-order valence-corrected chi connectivity index (χ2v) is 7.55. The molecule has 2 rings (SSSR count). The van der Waals surface area contributed by atoms with Crippen molar-refractivity contribution in [1.82, 2.24) is 15.1 Å². The Balaban J connectivity index is 1.70. The highest BCUT2D eigenvalue weighted by molar-refractivity contribution is 7.89. The Bertz CT molecular complexity index is 655. The van der Waals surface area contributed by atoms with Crippen LogP contribution in [0.15, 0.2) is 29.2 Å². The highest BCUT2D eigenvalue weighted by Crippen LogP contribution is 2.09. The molecule has 0 saturated carbocycles. The summed E-state index contributed by atoms with van der Waals surface area (Å²) < 4.78 is 27.5. The van der Waals surface area contributed by atoms with Crippen LogP contribution in [0.1, 0.15) is 5.56 Å². The van der Waals surface area contributed by atoms with Gasteiger partial charge in [0.2, 0.25) is 10.0 Å². The molecule has 1 saturated heterocycles. The van der Waals surface area contributed by atoms with E-state index < -0.39 is 10.0 Å². The highest BCUT2D eigenvalue weighted by Gasteiger charge is 2.20. The number of carbonyl (C=O) groups is 1. The fourth-order valence-corrected chi connectivity index (χ4v) is 3.18. The molecular weight excluding hydrogens is 344 g/mol. The fourth-order valence-electron chi connectivity index (χ4n) is 2.67. The molecule has 1 fully saturated rings. The molecule has 25 heavy (non-hydrogen) atoms. The third kappa shape index (κ3) is 6.28. The van der Waals surface area contributed by atoms with E-state index in [1.807, 2.05) is 4.90 Å². The predicted octanol–water partition coefficient (Wildman–Crippen LogP) is -0.150. The van der Waals surface area contributed by atoms with Crippen LogP contribution in [-0.2, 0) is 21.2 Å². The van der Waals surface area contributed by atoms with E-state index in [4.69, 9.17) is 9.88 Å². The van der Waals surface area contributed by atoms with Gasteiger partial charge in [-0.25, -0.2) is 18.4 Å². The molecule has 1 heterocycles. The minimum absolute atomic E-state index is 0.0625. The third-order valence-electron chi connectivity index (χ3n) is 4.21. The molecule has 1 aromatic rings. The lowest BCUT2D eigenvalue weighted by atomic mass is 10.1. The number of carbonyl (C=O) groups excluding carboxylic acids is 1. The summed E-state index contributed by atoms with van der Waals surface area (Å²) in [6, 6.07) is 6.31. The van der Waals surface area contributed by atoms with E-state index in [-0.39, 0.29) is 10.9 Å². The first-order valence-corrected chi connectivity index (χ1v) is 9.80. The molecule has 3 N–H and O–H groups in total. The number of rotatable bonds is 7. The zero-order valence-electron chi connectivity index (χ0n) is 14.5. The second kappa shape index (κ2) is 9.14. The van der Waals surface area contributed by atoms with Gasteiger partial charge in [0, 0.05) is 46.4 Å². The number of methoxy groups -OCH3 is 1. The van der Waals surface area contributed by atoms with E-state index in [1.54, 1.807) is 19.2 Å². The summed E-state index contributed by atoms with van der Waals surface area (Å²) in [5, 5.41) is 7.97. The first-order chi connectivity index (χ1) is 11.9. The lowest BCUT2D eigenvalue weighted by Crippen LogP contribution is -2.52. The number of piperazine rings is 1. The zero-order valence-corrected chi connectivity index (χ0v) is 15.3. The number of nitrogens with two attached hydrogens (primary N) is 1. The van der Waals surface area contributed by atoms with Crippen LogP contribution in [0.5, 0.6) is 0 Å². The monoisotopic (exact) mass is 370 g/mol. The number of sulfonamides is 1. The maximum Gasteiger partial charge on any atom is 0.317 e. The minimum Gasteiger partial charge on any atom is -0.383 e. The van der Waals surface area contributed by atoms with Crippen LogP contribution >= 0.6 is 0 Å². The van der Waals surface area contributed by atoms with Gasteiger partial charge in [-0.15, -0.1) is 0 Å². The molecule has 9 heteroatoms. The average molecular weight is 370 g/mol. The van der Waals surface area contributed by atoms with Crippen LogP contribution in [0.4, 0.5) is 4.79 Å². The summed E-state index contributed by atoms with van der Waals surface area (Å²) in [6.07, 6.45) is 0.629. The van der Waals surface area contributed by atoms with Crippen molar-refractivity contribution < 1.29 is 17.9 Å². The number of hydrogen-bond acceptors (Lipinski definition) is 5.